The molecule has 0 N–H and O–H groups in total. The first kappa shape index (κ1) is 14.5. The summed E-state index contributed by atoms with van der Waals surface area (Å²) < 4.78 is 1.89. The molecular weight excluding hydrogens is 272 g/mol. The third kappa shape index (κ3) is 2.80. The molecule has 1 aliphatic rings. The first-order chi connectivity index (χ1) is 10.8. The molecule has 4 nitrogen and oxygen atoms in total. The highest BCUT2D eigenvalue weighted by atomic mass is 15.5. The lowest BCUT2D eigenvalue weighted by atomic mass is 10.0. The Morgan fingerprint density at radius 1 is 1.14 bits per heavy atom. The summed E-state index contributed by atoms with van der Waals surface area (Å²) >= 11 is 0. The predicted molar refractivity (Wildman–Crippen MR) is 89.3 cm³/mol. The SMILES string of the molecule is CCc1ccccc1N1CCC(N(C#N)n2cccc2)CC1. The van der Waals surface area contributed by atoms with E-state index in [-0.39, 0.29) is 6.04 Å². The van der Waals surface area contributed by atoms with Crippen LogP contribution < -0.4 is 9.91 Å². The fourth-order valence-corrected chi connectivity index (χ4v) is 3.26. The van der Waals surface area contributed by atoms with E-state index in [0.717, 1.165) is 32.4 Å². The summed E-state index contributed by atoms with van der Waals surface area (Å²) in [5, 5.41) is 11.3. The summed E-state index contributed by atoms with van der Waals surface area (Å²) in [6, 6.07) is 12.8. The third-order valence-electron chi connectivity index (χ3n) is 4.46. The fraction of sp³-hybridized carbons (Fsp3) is 0.389. The van der Waals surface area contributed by atoms with Crippen molar-refractivity contribution in [1.82, 2.24) is 4.68 Å². The van der Waals surface area contributed by atoms with E-state index in [9.17, 15) is 5.26 Å². The molecule has 0 radical (unpaired) electrons. The summed E-state index contributed by atoms with van der Waals surface area (Å²) in [5.74, 6) is 0. The maximum Gasteiger partial charge on any atom is 0.200 e. The van der Waals surface area contributed by atoms with Crippen LogP contribution in [0.3, 0.4) is 0 Å². The number of nitriles is 1. The number of aromatic nitrogens is 1. The quantitative estimate of drug-likeness (QED) is 0.642. The van der Waals surface area contributed by atoms with Crippen molar-refractivity contribution in [1.29, 1.82) is 5.26 Å². The number of rotatable bonds is 4. The number of nitrogens with zero attached hydrogens (tertiary/aromatic N) is 4. The standard InChI is InChI=1S/C18H22N4/c1-2-16-7-3-4-8-18(16)20-13-9-17(10-14-20)22(15-19)21-11-5-6-12-21/h3-8,11-12,17H,2,9-10,13-14H2,1H3. The van der Waals surface area contributed by atoms with Crippen LogP contribution in [-0.2, 0) is 6.42 Å². The second-order valence-electron chi connectivity index (χ2n) is 5.71. The average Bonchev–Trinajstić information content (AvgIpc) is 3.10. The van der Waals surface area contributed by atoms with Crippen molar-refractivity contribution in [3.8, 4) is 6.19 Å². The number of aryl methyl sites for hydroxylation is 1. The van der Waals surface area contributed by atoms with E-state index in [1.54, 1.807) is 5.01 Å². The van der Waals surface area contributed by atoms with Crippen molar-refractivity contribution in [3.05, 3.63) is 54.4 Å². The first-order valence-corrected chi connectivity index (χ1v) is 7.98. The smallest absolute Gasteiger partial charge is 0.200 e. The second-order valence-corrected chi connectivity index (χ2v) is 5.71. The average molecular weight is 294 g/mol. The molecule has 1 aromatic carbocycles. The van der Waals surface area contributed by atoms with Gasteiger partial charge in [-0.2, -0.15) is 5.26 Å². The molecule has 2 heterocycles. The Morgan fingerprint density at radius 2 is 1.82 bits per heavy atom. The van der Waals surface area contributed by atoms with Gasteiger partial charge in [0.05, 0.1) is 6.04 Å². The van der Waals surface area contributed by atoms with E-state index >= 15 is 0 Å². The molecule has 1 fully saturated rings. The van der Waals surface area contributed by atoms with E-state index < -0.39 is 0 Å². The van der Waals surface area contributed by atoms with Gasteiger partial charge in [0.15, 0.2) is 0 Å². The van der Waals surface area contributed by atoms with Gasteiger partial charge < -0.3 is 4.90 Å². The Hall–Kier alpha value is -2.41. The van der Waals surface area contributed by atoms with Crippen LogP contribution in [0, 0.1) is 11.5 Å². The molecule has 2 aromatic rings. The molecule has 0 aliphatic carbocycles. The van der Waals surface area contributed by atoms with Crippen LogP contribution in [0.1, 0.15) is 25.3 Å². The fourth-order valence-electron chi connectivity index (χ4n) is 3.26. The van der Waals surface area contributed by atoms with Gasteiger partial charge in [0, 0.05) is 31.2 Å². The summed E-state index contributed by atoms with van der Waals surface area (Å²) in [4.78, 5) is 2.46. The lowest BCUT2D eigenvalue weighted by Crippen LogP contribution is -2.47. The van der Waals surface area contributed by atoms with Crippen LogP contribution >= 0.6 is 0 Å². The molecule has 0 bridgehead atoms. The van der Waals surface area contributed by atoms with Gasteiger partial charge in [-0.1, -0.05) is 25.1 Å². The maximum atomic E-state index is 9.46. The van der Waals surface area contributed by atoms with Crippen LogP contribution in [0.25, 0.3) is 0 Å². The van der Waals surface area contributed by atoms with E-state index in [2.05, 4.69) is 42.3 Å². The van der Waals surface area contributed by atoms with Crippen LogP contribution in [0.4, 0.5) is 5.69 Å². The zero-order chi connectivity index (χ0) is 15.4. The number of para-hydroxylation sites is 1. The van der Waals surface area contributed by atoms with Gasteiger partial charge in [0.2, 0.25) is 6.19 Å². The Bertz CT molecular complexity index is 633. The molecule has 0 unspecified atom stereocenters. The minimum absolute atomic E-state index is 0.280. The molecule has 1 saturated heterocycles. The maximum absolute atomic E-state index is 9.46. The van der Waals surface area contributed by atoms with Crippen LogP contribution in [0.5, 0.6) is 0 Å². The summed E-state index contributed by atoms with van der Waals surface area (Å²) in [6.07, 6.45) is 9.26. The Morgan fingerprint density at radius 3 is 2.45 bits per heavy atom. The molecule has 1 aromatic heterocycles. The topological polar surface area (TPSA) is 35.2 Å². The van der Waals surface area contributed by atoms with Crippen LogP contribution in [0.15, 0.2) is 48.8 Å². The first-order valence-electron chi connectivity index (χ1n) is 7.98. The molecule has 0 amide bonds. The normalized spacial score (nSPS) is 15.5. The molecule has 3 rings (SSSR count). The molecule has 0 saturated carbocycles. The van der Waals surface area contributed by atoms with Crippen molar-refractivity contribution >= 4 is 5.69 Å². The lowest BCUT2D eigenvalue weighted by molar-refractivity contribution is 0.439. The number of anilines is 1. The largest absolute Gasteiger partial charge is 0.371 e. The molecule has 0 atom stereocenters. The number of hydrogen-bond acceptors (Lipinski definition) is 3. The van der Waals surface area contributed by atoms with Crippen molar-refractivity contribution in [2.45, 2.75) is 32.2 Å². The molecule has 0 spiro atoms. The molecule has 114 valence electrons. The van der Waals surface area contributed by atoms with Crippen molar-refractivity contribution in [3.63, 3.8) is 0 Å². The van der Waals surface area contributed by atoms with Gasteiger partial charge in [-0.3, -0.25) is 4.68 Å². The Kier molecular flexibility index (Phi) is 4.34. The van der Waals surface area contributed by atoms with Crippen molar-refractivity contribution < 1.29 is 0 Å². The Labute approximate surface area is 132 Å². The minimum Gasteiger partial charge on any atom is -0.371 e. The minimum atomic E-state index is 0.280. The van der Waals surface area contributed by atoms with Crippen LogP contribution in [-0.4, -0.2) is 23.8 Å². The van der Waals surface area contributed by atoms with Gasteiger partial charge in [0.1, 0.15) is 0 Å². The molecule has 22 heavy (non-hydrogen) atoms. The zero-order valence-corrected chi connectivity index (χ0v) is 13.0. The predicted octanol–water partition coefficient (Wildman–Crippen LogP) is 3.14. The van der Waals surface area contributed by atoms with Crippen molar-refractivity contribution in [2.24, 2.45) is 0 Å². The number of piperidine rings is 1. The van der Waals surface area contributed by atoms with Gasteiger partial charge in [-0.15, -0.1) is 0 Å². The third-order valence-corrected chi connectivity index (χ3v) is 4.46. The summed E-state index contributed by atoms with van der Waals surface area (Å²) in [7, 11) is 0. The summed E-state index contributed by atoms with van der Waals surface area (Å²) in [6.45, 7) is 4.21. The van der Waals surface area contributed by atoms with Crippen molar-refractivity contribution in [2.75, 3.05) is 23.0 Å². The van der Waals surface area contributed by atoms with E-state index in [0.29, 0.717) is 0 Å². The lowest BCUT2D eigenvalue weighted by Gasteiger charge is -2.37. The highest BCUT2D eigenvalue weighted by molar-refractivity contribution is 5.54. The van der Waals surface area contributed by atoms with Gasteiger partial charge in [0.25, 0.3) is 0 Å². The van der Waals surface area contributed by atoms with E-state index in [1.165, 1.54) is 11.3 Å². The van der Waals surface area contributed by atoms with Gasteiger partial charge >= 0.3 is 0 Å². The number of benzene rings is 1. The second kappa shape index (κ2) is 6.57. The zero-order valence-electron chi connectivity index (χ0n) is 13.0. The monoisotopic (exact) mass is 294 g/mol. The van der Waals surface area contributed by atoms with Gasteiger partial charge in [-0.25, -0.2) is 5.01 Å². The van der Waals surface area contributed by atoms with Crippen LogP contribution in [0.2, 0.25) is 0 Å². The highest BCUT2D eigenvalue weighted by Gasteiger charge is 2.25. The highest BCUT2D eigenvalue weighted by Crippen LogP contribution is 2.25. The molecule has 4 heteroatoms. The molecular formula is C18H22N4. The van der Waals surface area contributed by atoms with Gasteiger partial charge in [-0.05, 0) is 43.0 Å². The summed E-state index contributed by atoms with van der Waals surface area (Å²) in [5.41, 5.74) is 2.76. The van der Waals surface area contributed by atoms with E-state index in [4.69, 9.17) is 0 Å². The molecule has 1 aliphatic heterocycles. The van der Waals surface area contributed by atoms with E-state index in [1.807, 2.05) is 29.2 Å². The number of hydrogen-bond donors (Lipinski definition) is 0. The Balaban J connectivity index is 1.69.